The van der Waals surface area contributed by atoms with Gasteiger partial charge in [0, 0.05) is 22.7 Å². The summed E-state index contributed by atoms with van der Waals surface area (Å²) in [6.07, 6.45) is 3.96. The van der Waals surface area contributed by atoms with Gasteiger partial charge in [-0.25, -0.2) is 0 Å². The molecule has 0 bridgehead atoms. The maximum atomic E-state index is 11.9. The van der Waals surface area contributed by atoms with Crippen LogP contribution in [0, 0.1) is 0 Å². The van der Waals surface area contributed by atoms with Crippen molar-refractivity contribution in [2.75, 3.05) is 31.5 Å². The van der Waals surface area contributed by atoms with E-state index >= 15 is 0 Å². The number of amides is 1. The monoisotopic (exact) mass is 353 g/mol. The van der Waals surface area contributed by atoms with Crippen molar-refractivity contribution in [1.82, 2.24) is 10.2 Å². The minimum absolute atomic E-state index is 0.00130. The molecule has 4 nitrogen and oxygen atoms in total. The van der Waals surface area contributed by atoms with Gasteiger partial charge < -0.3 is 15.5 Å². The number of likely N-dealkylation sites (tertiary alicyclic amines) is 1. The Labute approximate surface area is 135 Å². The van der Waals surface area contributed by atoms with E-state index in [-0.39, 0.29) is 5.91 Å². The second-order valence-electron chi connectivity index (χ2n) is 5.70. The van der Waals surface area contributed by atoms with E-state index in [2.05, 4.69) is 38.4 Å². The van der Waals surface area contributed by atoms with Crippen LogP contribution in [-0.2, 0) is 4.79 Å². The number of hydrogen-bond acceptors (Lipinski definition) is 3. The Balaban J connectivity index is 1.68. The molecule has 0 aliphatic carbocycles. The Bertz CT molecular complexity index is 461. The van der Waals surface area contributed by atoms with Gasteiger partial charge in [-0.3, -0.25) is 4.79 Å². The maximum Gasteiger partial charge on any atom is 0.238 e. The summed E-state index contributed by atoms with van der Waals surface area (Å²) >= 11 is 3.40. The van der Waals surface area contributed by atoms with Crippen molar-refractivity contribution in [3.05, 3.63) is 28.7 Å². The number of carbonyl (C=O) groups excluding carboxylic acids is 1. The fourth-order valence-corrected chi connectivity index (χ4v) is 3.03. The standard InChI is InChI=1S/C16H24BrN3O/c1-13(12-20-8-3-2-4-9-20)18-11-16(21)19-15-7-5-6-14(17)10-15/h5-7,10,13,18H,2-4,8-9,11-12H2,1H3,(H,19,21). The summed E-state index contributed by atoms with van der Waals surface area (Å²) in [4.78, 5) is 14.4. The first-order chi connectivity index (χ1) is 10.1. The topological polar surface area (TPSA) is 44.4 Å². The van der Waals surface area contributed by atoms with Crippen LogP contribution in [0.4, 0.5) is 5.69 Å². The van der Waals surface area contributed by atoms with E-state index in [4.69, 9.17) is 0 Å². The quantitative estimate of drug-likeness (QED) is 0.826. The summed E-state index contributed by atoms with van der Waals surface area (Å²) in [5, 5.41) is 6.20. The summed E-state index contributed by atoms with van der Waals surface area (Å²) in [7, 11) is 0. The van der Waals surface area contributed by atoms with Crippen LogP contribution in [0.5, 0.6) is 0 Å². The largest absolute Gasteiger partial charge is 0.325 e. The fraction of sp³-hybridized carbons (Fsp3) is 0.562. The normalized spacial score (nSPS) is 17.4. The Kier molecular flexibility index (Phi) is 6.67. The van der Waals surface area contributed by atoms with Crippen LogP contribution < -0.4 is 10.6 Å². The molecule has 1 aliphatic heterocycles. The molecular weight excluding hydrogens is 330 g/mol. The molecule has 2 rings (SSSR count). The smallest absolute Gasteiger partial charge is 0.238 e. The van der Waals surface area contributed by atoms with Gasteiger partial charge in [0.25, 0.3) is 0 Å². The van der Waals surface area contributed by atoms with E-state index in [9.17, 15) is 4.79 Å². The lowest BCUT2D eigenvalue weighted by atomic mass is 10.1. The van der Waals surface area contributed by atoms with E-state index in [1.165, 1.54) is 32.4 Å². The van der Waals surface area contributed by atoms with Gasteiger partial charge in [-0.15, -0.1) is 0 Å². The van der Waals surface area contributed by atoms with Gasteiger partial charge >= 0.3 is 0 Å². The van der Waals surface area contributed by atoms with Gasteiger partial charge in [-0.1, -0.05) is 28.4 Å². The predicted molar refractivity (Wildman–Crippen MR) is 90.5 cm³/mol. The first kappa shape index (κ1) is 16.5. The fourth-order valence-electron chi connectivity index (χ4n) is 2.63. The molecule has 0 saturated carbocycles. The predicted octanol–water partition coefficient (Wildman–Crippen LogP) is 2.85. The lowest BCUT2D eigenvalue weighted by Crippen LogP contribution is -2.43. The number of carbonyl (C=O) groups is 1. The number of hydrogen-bond donors (Lipinski definition) is 2. The zero-order chi connectivity index (χ0) is 15.1. The summed E-state index contributed by atoms with van der Waals surface area (Å²) in [6.45, 7) is 5.89. The van der Waals surface area contributed by atoms with Crippen LogP contribution in [0.25, 0.3) is 0 Å². The molecule has 5 heteroatoms. The van der Waals surface area contributed by atoms with Crippen LogP contribution in [0.2, 0.25) is 0 Å². The van der Waals surface area contributed by atoms with Crippen LogP contribution in [0.3, 0.4) is 0 Å². The van der Waals surface area contributed by atoms with Gasteiger partial charge in [0.1, 0.15) is 0 Å². The van der Waals surface area contributed by atoms with E-state index in [0.29, 0.717) is 12.6 Å². The van der Waals surface area contributed by atoms with Crippen LogP contribution in [-0.4, -0.2) is 43.0 Å². The molecule has 21 heavy (non-hydrogen) atoms. The van der Waals surface area contributed by atoms with Gasteiger partial charge in [0.05, 0.1) is 6.54 Å². The molecule has 0 radical (unpaired) electrons. The van der Waals surface area contributed by atoms with E-state index < -0.39 is 0 Å². The van der Waals surface area contributed by atoms with Gasteiger partial charge in [-0.2, -0.15) is 0 Å². The number of halogens is 1. The molecule has 2 N–H and O–H groups in total. The summed E-state index contributed by atoms with van der Waals surface area (Å²) in [6, 6.07) is 7.96. The number of anilines is 1. The SMILES string of the molecule is CC(CN1CCCCC1)NCC(=O)Nc1cccc(Br)c1. The molecule has 0 spiro atoms. The second-order valence-corrected chi connectivity index (χ2v) is 6.62. The van der Waals surface area contributed by atoms with Crippen molar-refractivity contribution in [1.29, 1.82) is 0 Å². The van der Waals surface area contributed by atoms with Crippen molar-refractivity contribution in [3.63, 3.8) is 0 Å². The molecule has 1 aromatic carbocycles. The zero-order valence-corrected chi connectivity index (χ0v) is 14.2. The van der Waals surface area contributed by atoms with Gasteiger partial charge in [0.2, 0.25) is 5.91 Å². The lowest BCUT2D eigenvalue weighted by Gasteiger charge is -2.29. The van der Waals surface area contributed by atoms with Gasteiger partial charge in [0.15, 0.2) is 0 Å². The Hall–Kier alpha value is -0.910. The Morgan fingerprint density at radius 3 is 2.81 bits per heavy atom. The van der Waals surface area contributed by atoms with E-state index in [1.54, 1.807) is 0 Å². The number of rotatable bonds is 6. The summed E-state index contributed by atoms with van der Waals surface area (Å²) in [5.74, 6) is -0.00130. The Morgan fingerprint density at radius 1 is 1.33 bits per heavy atom. The van der Waals surface area contributed by atoms with Crippen LogP contribution >= 0.6 is 15.9 Å². The maximum absolute atomic E-state index is 11.9. The summed E-state index contributed by atoms with van der Waals surface area (Å²) in [5.41, 5.74) is 0.819. The van der Waals surface area contributed by atoms with Crippen molar-refractivity contribution in [2.24, 2.45) is 0 Å². The minimum Gasteiger partial charge on any atom is -0.325 e. The highest BCUT2D eigenvalue weighted by Gasteiger charge is 2.13. The molecule has 1 saturated heterocycles. The molecule has 1 heterocycles. The molecule has 1 atom stereocenters. The van der Waals surface area contributed by atoms with E-state index in [1.807, 2.05) is 24.3 Å². The molecule has 1 amide bonds. The number of nitrogens with one attached hydrogen (secondary N) is 2. The minimum atomic E-state index is -0.00130. The number of benzene rings is 1. The van der Waals surface area contributed by atoms with Crippen molar-refractivity contribution < 1.29 is 4.79 Å². The third-order valence-electron chi connectivity index (χ3n) is 3.70. The lowest BCUT2D eigenvalue weighted by molar-refractivity contribution is -0.115. The average Bonchev–Trinajstić information content (AvgIpc) is 2.46. The molecule has 1 fully saturated rings. The molecule has 0 aromatic heterocycles. The highest BCUT2D eigenvalue weighted by atomic mass is 79.9. The number of nitrogens with zero attached hydrogens (tertiary/aromatic N) is 1. The first-order valence-corrected chi connectivity index (χ1v) is 8.44. The van der Waals surface area contributed by atoms with Crippen LogP contribution in [0.15, 0.2) is 28.7 Å². The third-order valence-corrected chi connectivity index (χ3v) is 4.19. The Morgan fingerprint density at radius 2 is 2.10 bits per heavy atom. The van der Waals surface area contributed by atoms with E-state index in [0.717, 1.165) is 16.7 Å². The molecule has 1 aromatic rings. The highest BCUT2D eigenvalue weighted by Crippen LogP contribution is 2.15. The summed E-state index contributed by atoms with van der Waals surface area (Å²) < 4.78 is 0.965. The zero-order valence-electron chi connectivity index (χ0n) is 12.6. The molecular formula is C16H24BrN3O. The third kappa shape index (κ3) is 6.16. The van der Waals surface area contributed by atoms with Crippen molar-refractivity contribution in [2.45, 2.75) is 32.2 Å². The van der Waals surface area contributed by atoms with Crippen LogP contribution in [0.1, 0.15) is 26.2 Å². The second kappa shape index (κ2) is 8.51. The average molecular weight is 354 g/mol. The van der Waals surface area contributed by atoms with Crippen molar-refractivity contribution >= 4 is 27.5 Å². The molecule has 1 unspecified atom stereocenters. The van der Waals surface area contributed by atoms with Crippen molar-refractivity contribution in [3.8, 4) is 0 Å². The highest BCUT2D eigenvalue weighted by molar-refractivity contribution is 9.10. The van der Waals surface area contributed by atoms with Gasteiger partial charge in [-0.05, 0) is 51.1 Å². The first-order valence-electron chi connectivity index (χ1n) is 7.64. The number of piperidine rings is 1. The molecule has 116 valence electrons. The molecule has 1 aliphatic rings.